The minimum atomic E-state index is 0.285. The molecule has 0 aromatic carbocycles. The molecule has 2 nitrogen and oxygen atoms in total. The molecule has 0 spiro atoms. The molecule has 3 heteroatoms. The van der Waals surface area contributed by atoms with Gasteiger partial charge in [0, 0.05) is 11.8 Å². The lowest BCUT2D eigenvalue weighted by Gasteiger charge is -1.92. The van der Waals surface area contributed by atoms with Crippen molar-refractivity contribution in [3.05, 3.63) is 23.9 Å². The van der Waals surface area contributed by atoms with Gasteiger partial charge in [-0.1, -0.05) is 0 Å². The number of aldehydes is 1. The highest BCUT2D eigenvalue weighted by molar-refractivity contribution is 6.33. The molecular weight excluding hydrogens is 113 g/mol. The zero-order chi connectivity index (χ0) is 6.69. The molecule has 0 atom stereocenters. The van der Waals surface area contributed by atoms with Crippen molar-refractivity contribution in [2.45, 2.75) is 0 Å². The number of carbonyl (C=O) groups excluding carboxylic acids is 1. The molecule has 2 radical (unpaired) electrons. The highest BCUT2D eigenvalue weighted by Crippen LogP contribution is 1.84. The van der Waals surface area contributed by atoms with E-state index in [-0.39, 0.29) is 5.59 Å². The second-order valence-corrected chi connectivity index (χ2v) is 1.60. The Kier molecular flexibility index (Phi) is 1.63. The molecule has 0 amide bonds. The molecule has 1 rings (SSSR count). The van der Waals surface area contributed by atoms with Crippen LogP contribution in [0.2, 0.25) is 0 Å². The van der Waals surface area contributed by atoms with Gasteiger partial charge in [-0.05, 0) is 17.7 Å². The predicted molar refractivity (Wildman–Crippen MR) is 35.0 cm³/mol. The van der Waals surface area contributed by atoms with Crippen LogP contribution in [0, 0.1) is 0 Å². The standard InChI is InChI=1S/C6H4BNO/c7-6-5(4-9)2-1-3-8-6/h1-4H. The summed E-state index contributed by atoms with van der Waals surface area (Å²) in [6.45, 7) is 0. The maximum absolute atomic E-state index is 10.1. The van der Waals surface area contributed by atoms with Crippen LogP contribution in [0.15, 0.2) is 18.3 Å². The Bertz CT molecular complexity index is 224. The fraction of sp³-hybridized carbons (Fsp3) is 0. The van der Waals surface area contributed by atoms with Crippen LogP contribution in [-0.4, -0.2) is 19.1 Å². The van der Waals surface area contributed by atoms with E-state index in [1.807, 2.05) is 0 Å². The number of carbonyl (C=O) groups is 1. The minimum Gasteiger partial charge on any atom is -0.298 e. The fourth-order valence-electron chi connectivity index (χ4n) is 0.530. The summed E-state index contributed by atoms with van der Waals surface area (Å²) in [5.41, 5.74) is 0.727. The van der Waals surface area contributed by atoms with Gasteiger partial charge in [0.05, 0.1) is 0 Å². The van der Waals surface area contributed by atoms with Crippen LogP contribution in [0.1, 0.15) is 10.4 Å². The summed E-state index contributed by atoms with van der Waals surface area (Å²) in [5, 5.41) is 0. The highest BCUT2D eigenvalue weighted by atomic mass is 16.1. The van der Waals surface area contributed by atoms with Gasteiger partial charge in [-0.2, -0.15) is 0 Å². The van der Waals surface area contributed by atoms with Crippen molar-refractivity contribution in [3.63, 3.8) is 0 Å². The maximum atomic E-state index is 10.1. The van der Waals surface area contributed by atoms with Crippen molar-refractivity contribution in [3.8, 4) is 0 Å². The van der Waals surface area contributed by atoms with Crippen molar-refractivity contribution in [1.82, 2.24) is 4.98 Å². The van der Waals surface area contributed by atoms with Gasteiger partial charge in [0.15, 0.2) is 6.29 Å². The fourth-order valence-corrected chi connectivity index (χ4v) is 0.530. The Hall–Kier alpha value is -1.12. The molecule has 0 saturated carbocycles. The molecule has 0 aliphatic carbocycles. The van der Waals surface area contributed by atoms with Crippen LogP contribution in [0.25, 0.3) is 0 Å². The van der Waals surface area contributed by atoms with Gasteiger partial charge in [0.25, 0.3) is 0 Å². The molecule has 0 fully saturated rings. The first-order valence-corrected chi connectivity index (χ1v) is 2.50. The monoisotopic (exact) mass is 117 g/mol. The number of nitrogens with zero attached hydrogens (tertiary/aromatic N) is 1. The summed E-state index contributed by atoms with van der Waals surface area (Å²) >= 11 is 0. The summed E-state index contributed by atoms with van der Waals surface area (Å²) in [7, 11) is 5.29. The molecule has 0 unspecified atom stereocenters. The highest BCUT2D eigenvalue weighted by Gasteiger charge is 1.91. The zero-order valence-electron chi connectivity index (χ0n) is 4.74. The maximum Gasteiger partial charge on any atom is 0.150 e. The average Bonchev–Trinajstić information content (AvgIpc) is 1.89. The quantitative estimate of drug-likeness (QED) is 0.373. The summed E-state index contributed by atoms with van der Waals surface area (Å²) in [5.74, 6) is 0. The van der Waals surface area contributed by atoms with Crippen molar-refractivity contribution in [1.29, 1.82) is 0 Å². The normalized spacial score (nSPS) is 8.89. The Balaban J connectivity index is 3.15. The molecule has 0 aliphatic heterocycles. The van der Waals surface area contributed by atoms with E-state index in [0.717, 1.165) is 0 Å². The van der Waals surface area contributed by atoms with Crippen LogP contribution in [0.3, 0.4) is 0 Å². The van der Waals surface area contributed by atoms with E-state index in [1.165, 1.54) is 0 Å². The second kappa shape index (κ2) is 2.44. The molecular formula is C6H4BNO. The van der Waals surface area contributed by atoms with Crippen molar-refractivity contribution >= 4 is 19.7 Å². The number of aromatic nitrogens is 1. The van der Waals surface area contributed by atoms with E-state index in [2.05, 4.69) is 4.98 Å². The lowest BCUT2D eigenvalue weighted by molar-refractivity contribution is 0.112. The van der Waals surface area contributed by atoms with Gasteiger partial charge in [0.2, 0.25) is 0 Å². The molecule has 1 aromatic heterocycles. The Morgan fingerprint density at radius 2 is 2.44 bits per heavy atom. The topological polar surface area (TPSA) is 30.0 Å². The SMILES string of the molecule is [B]c1ncccc1C=O. The van der Waals surface area contributed by atoms with Gasteiger partial charge in [-0.25, -0.2) is 0 Å². The summed E-state index contributed by atoms with van der Waals surface area (Å²) in [6.07, 6.45) is 2.23. The third kappa shape index (κ3) is 1.16. The third-order valence-electron chi connectivity index (χ3n) is 0.998. The smallest absolute Gasteiger partial charge is 0.150 e. The van der Waals surface area contributed by atoms with E-state index in [9.17, 15) is 4.79 Å². The number of rotatable bonds is 1. The van der Waals surface area contributed by atoms with Crippen molar-refractivity contribution in [2.24, 2.45) is 0 Å². The lowest BCUT2D eigenvalue weighted by atomic mass is 9.99. The zero-order valence-corrected chi connectivity index (χ0v) is 4.74. The number of hydrogen-bond donors (Lipinski definition) is 0. The Morgan fingerprint density at radius 3 is 2.89 bits per heavy atom. The molecule has 9 heavy (non-hydrogen) atoms. The molecule has 1 heterocycles. The average molecular weight is 117 g/mol. The van der Waals surface area contributed by atoms with Crippen LogP contribution in [0.4, 0.5) is 0 Å². The van der Waals surface area contributed by atoms with Gasteiger partial charge in [0.1, 0.15) is 7.85 Å². The van der Waals surface area contributed by atoms with Gasteiger partial charge >= 0.3 is 0 Å². The van der Waals surface area contributed by atoms with E-state index >= 15 is 0 Å². The first-order chi connectivity index (χ1) is 4.34. The van der Waals surface area contributed by atoms with Gasteiger partial charge in [-0.3, -0.25) is 9.78 Å². The third-order valence-corrected chi connectivity index (χ3v) is 0.998. The molecule has 0 N–H and O–H groups in total. The molecule has 1 aromatic rings. The first kappa shape index (κ1) is 6.01. The second-order valence-electron chi connectivity index (χ2n) is 1.60. The molecule has 0 bridgehead atoms. The largest absolute Gasteiger partial charge is 0.298 e. The van der Waals surface area contributed by atoms with Crippen LogP contribution in [-0.2, 0) is 0 Å². The van der Waals surface area contributed by atoms with E-state index in [1.54, 1.807) is 18.3 Å². The summed E-state index contributed by atoms with van der Waals surface area (Å²) in [6, 6.07) is 3.29. The summed E-state index contributed by atoms with van der Waals surface area (Å²) in [4.78, 5) is 13.8. The van der Waals surface area contributed by atoms with Crippen molar-refractivity contribution < 1.29 is 4.79 Å². The molecule has 42 valence electrons. The number of hydrogen-bond acceptors (Lipinski definition) is 2. The van der Waals surface area contributed by atoms with E-state index in [0.29, 0.717) is 11.8 Å². The lowest BCUT2D eigenvalue weighted by Crippen LogP contribution is -2.12. The van der Waals surface area contributed by atoms with E-state index in [4.69, 9.17) is 7.85 Å². The first-order valence-electron chi connectivity index (χ1n) is 2.50. The molecule has 0 aliphatic rings. The number of pyridine rings is 1. The molecule has 0 saturated heterocycles. The van der Waals surface area contributed by atoms with E-state index < -0.39 is 0 Å². The van der Waals surface area contributed by atoms with Gasteiger partial charge in [-0.15, -0.1) is 0 Å². The summed E-state index contributed by atoms with van der Waals surface area (Å²) < 4.78 is 0. The minimum absolute atomic E-state index is 0.285. The van der Waals surface area contributed by atoms with Crippen molar-refractivity contribution in [2.75, 3.05) is 0 Å². The Labute approximate surface area is 54.3 Å². The van der Waals surface area contributed by atoms with Crippen LogP contribution in [0.5, 0.6) is 0 Å². The van der Waals surface area contributed by atoms with Crippen LogP contribution >= 0.6 is 0 Å². The Morgan fingerprint density at radius 1 is 1.67 bits per heavy atom. The predicted octanol–water partition coefficient (Wildman–Crippen LogP) is -0.312. The van der Waals surface area contributed by atoms with Gasteiger partial charge < -0.3 is 0 Å². The van der Waals surface area contributed by atoms with Crippen LogP contribution < -0.4 is 5.59 Å².